The van der Waals surface area contributed by atoms with Crippen molar-refractivity contribution < 1.29 is 26.5 Å². The molecule has 0 radical (unpaired) electrons. The third kappa shape index (κ3) is 6.86. The minimum Gasteiger partial charge on any atom is -0.495 e. The number of ether oxygens (including phenoxy) is 1. The zero-order chi connectivity index (χ0) is 30.7. The molecule has 222 valence electrons. The van der Waals surface area contributed by atoms with Gasteiger partial charge in [0.05, 0.1) is 24.0 Å². The summed E-state index contributed by atoms with van der Waals surface area (Å²) in [7, 11) is -2.79. The monoisotopic (exact) mass is 651 g/mol. The van der Waals surface area contributed by atoms with Crippen molar-refractivity contribution in [3.8, 4) is 11.4 Å². The fraction of sp³-hybridized carbons (Fsp3) is 0.241. The average Bonchev–Trinajstić information content (AvgIpc) is 3.37. The van der Waals surface area contributed by atoms with Gasteiger partial charge in [-0.25, -0.2) is 14.2 Å². The van der Waals surface area contributed by atoms with Crippen LogP contribution >= 0.6 is 35.0 Å². The number of hydrogen-bond donors (Lipinski definition) is 1. The zero-order valence-electron chi connectivity index (χ0n) is 23.2. The number of hydrogen-bond acceptors (Lipinski definition) is 7. The van der Waals surface area contributed by atoms with E-state index in [4.69, 9.17) is 32.9 Å². The van der Waals surface area contributed by atoms with Crippen LogP contribution in [0.5, 0.6) is 5.75 Å². The molecule has 0 spiro atoms. The number of carbonyl (C=O) groups excluding carboxylic acids is 1. The lowest BCUT2D eigenvalue weighted by Crippen LogP contribution is -2.26. The number of amides is 1. The van der Waals surface area contributed by atoms with Gasteiger partial charge in [0.25, 0.3) is 0 Å². The summed E-state index contributed by atoms with van der Waals surface area (Å²) in [6, 6.07) is 15.8. The van der Waals surface area contributed by atoms with Crippen molar-refractivity contribution in [1.29, 1.82) is 0 Å². The molecule has 8 nitrogen and oxygen atoms in total. The van der Waals surface area contributed by atoms with E-state index in [1.54, 1.807) is 44.5 Å². The Morgan fingerprint density at radius 1 is 1.07 bits per heavy atom. The zero-order valence-corrected chi connectivity index (χ0v) is 26.3. The van der Waals surface area contributed by atoms with Crippen molar-refractivity contribution in [2.45, 2.75) is 42.0 Å². The standard InChI is InChI=1S/C29H28Cl2FN3O5S2/c1-5-33-28(36)40-42(37,38)22-12-6-18(24(31)15-22)17-41-27-34-16-26(35(27)21-10-8-20(32)9-11-21)29(2,3)19-7-13-23(30)25(14-19)39-4/h6-16H,5,17H2,1-4H3,(H,33,36). The van der Waals surface area contributed by atoms with E-state index in [1.807, 2.05) is 30.5 Å². The lowest BCUT2D eigenvalue weighted by Gasteiger charge is -2.28. The van der Waals surface area contributed by atoms with Gasteiger partial charge >= 0.3 is 16.2 Å². The second-order valence-electron chi connectivity index (χ2n) is 9.61. The molecule has 42 heavy (non-hydrogen) atoms. The first-order valence-corrected chi connectivity index (χ1v) is 15.8. The summed E-state index contributed by atoms with van der Waals surface area (Å²) in [5.74, 6) is 0.513. The van der Waals surface area contributed by atoms with Crippen LogP contribution in [0.2, 0.25) is 10.0 Å². The summed E-state index contributed by atoms with van der Waals surface area (Å²) in [5, 5.41) is 3.55. The van der Waals surface area contributed by atoms with Gasteiger partial charge in [-0.3, -0.25) is 4.57 Å². The lowest BCUT2D eigenvalue weighted by atomic mass is 9.81. The number of benzene rings is 3. The van der Waals surface area contributed by atoms with E-state index in [0.717, 1.165) is 11.3 Å². The average molecular weight is 653 g/mol. The van der Waals surface area contributed by atoms with Gasteiger partial charge in [-0.1, -0.05) is 60.9 Å². The van der Waals surface area contributed by atoms with Crippen LogP contribution < -0.4 is 10.1 Å². The second kappa shape index (κ2) is 12.9. The van der Waals surface area contributed by atoms with Crippen molar-refractivity contribution in [1.82, 2.24) is 14.9 Å². The van der Waals surface area contributed by atoms with Crippen molar-refractivity contribution >= 4 is 51.2 Å². The number of nitrogens with zero attached hydrogens (tertiary/aromatic N) is 2. The van der Waals surface area contributed by atoms with Gasteiger partial charge in [0.15, 0.2) is 5.16 Å². The molecule has 1 aromatic heterocycles. The molecule has 1 amide bonds. The van der Waals surface area contributed by atoms with Crippen LogP contribution in [0.15, 0.2) is 76.9 Å². The lowest BCUT2D eigenvalue weighted by molar-refractivity contribution is 0.203. The van der Waals surface area contributed by atoms with Crippen LogP contribution in [0.3, 0.4) is 0 Å². The molecule has 0 unspecified atom stereocenters. The molecule has 3 aromatic carbocycles. The highest BCUT2D eigenvalue weighted by molar-refractivity contribution is 7.98. The molecular weight excluding hydrogens is 624 g/mol. The molecule has 4 aromatic rings. The predicted molar refractivity (Wildman–Crippen MR) is 162 cm³/mol. The third-order valence-electron chi connectivity index (χ3n) is 6.50. The molecule has 0 aliphatic rings. The van der Waals surface area contributed by atoms with Crippen LogP contribution in [0, 0.1) is 5.82 Å². The first-order valence-electron chi connectivity index (χ1n) is 12.7. The van der Waals surface area contributed by atoms with Gasteiger partial charge in [-0.15, -0.1) is 0 Å². The summed E-state index contributed by atoms with van der Waals surface area (Å²) in [5.41, 5.74) is 2.52. The number of imidazole rings is 1. The Hall–Kier alpha value is -3.25. The molecule has 0 aliphatic heterocycles. The number of rotatable bonds is 10. The van der Waals surface area contributed by atoms with Crippen LogP contribution in [0.25, 0.3) is 5.69 Å². The normalized spacial score (nSPS) is 11.8. The largest absolute Gasteiger partial charge is 0.495 e. The van der Waals surface area contributed by atoms with E-state index in [1.165, 1.54) is 36.0 Å². The summed E-state index contributed by atoms with van der Waals surface area (Å²) >= 11 is 14.1. The fourth-order valence-electron chi connectivity index (χ4n) is 4.18. The van der Waals surface area contributed by atoms with E-state index in [0.29, 0.717) is 32.9 Å². The van der Waals surface area contributed by atoms with Gasteiger partial charge in [-0.2, -0.15) is 8.42 Å². The fourth-order valence-corrected chi connectivity index (χ4v) is 6.61. The highest BCUT2D eigenvalue weighted by atomic mass is 35.5. The molecule has 0 atom stereocenters. The number of thioether (sulfide) groups is 1. The van der Waals surface area contributed by atoms with Crippen LogP contribution in [-0.4, -0.2) is 37.7 Å². The molecule has 1 N–H and O–H groups in total. The second-order valence-corrected chi connectivity index (χ2v) is 12.9. The molecule has 1 heterocycles. The molecule has 13 heteroatoms. The van der Waals surface area contributed by atoms with Crippen molar-refractivity contribution in [2.24, 2.45) is 0 Å². The maximum absolute atomic E-state index is 13.8. The SMILES string of the molecule is CCNC(=O)OS(=O)(=O)c1ccc(CSc2ncc(C(C)(C)c3ccc(Cl)c(OC)c3)n2-c2ccc(F)cc2)c(Cl)c1. The van der Waals surface area contributed by atoms with Crippen LogP contribution in [-0.2, 0) is 25.5 Å². The van der Waals surface area contributed by atoms with Gasteiger partial charge in [0.1, 0.15) is 16.5 Å². The molecule has 0 saturated heterocycles. The number of nitrogens with one attached hydrogen (secondary N) is 1. The van der Waals surface area contributed by atoms with Crippen LogP contribution in [0.1, 0.15) is 37.6 Å². The maximum atomic E-state index is 13.8. The summed E-state index contributed by atoms with van der Waals surface area (Å²) < 4.78 is 50.7. The maximum Gasteiger partial charge on any atom is 0.423 e. The summed E-state index contributed by atoms with van der Waals surface area (Å²) in [4.78, 5) is 16.1. The molecule has 4 rings (SSSR count). The van der Waals surface area contributed by atoms with Crippen molar-refractivity contribution in [2.75, 3.05) is 13.7 Å². The van der Waals surface area contributed by atoms with E-state index in [2.05, 4.69) is 9.50 Å². The predicted octanol–water partition coefficient (Wildman–Crippen LogP) is 7.38. The minimum absolute atomic E-state index is 0.178. The highest BCUT2D eigenvalue weighted by Gasteiger charge is 2.30. The Morgan fingerprint density at radius 3 is 2.43 bits per heavy atom. The molecule has 0 bridgehead atoms. The van der Waals surface area contributed by atoms with E-state index in [9.17, 15) is 17.6 Å². The Morgan fingerprint density at radius 2 is 1.79 bits per heavy atom. The van der Waals surface area contributed by atoms with Gasteiger partial charge in [-0.05, 0) is 66.6 Å². The highest BCUT2D eigenvalue weighted by Crippen LogP contribution is 2.39. The smallest absolute Gasteiger partial charge is 0.423 e. The third-order valence-corrected chi connectivity index (χ3v) is 9.37. The number of methoxy groups -OCH3 is 1. The molecular formula is C29H28Cl2FN3O5S2. The van der Waals surface area contributed by atoms with E-state index < -0.39 is 21.6 Å². The first-order chi connectivity index (χ1) is 19.9. The van der Waals surface area contributed by atoms with E-state index in [-0.39, 0.29) is 22.3 Å². The Balaban J connectivity index is 1.67. The summed E-state index contributed by atoms with van der Waals surface area (Å²) in [6.45, 7) is 5.93. The molecule has 0 saturated carbocycles. The summed E-state index contributed by atoms with van der Waals surface area (Å²) in [6.07, 6.45) is 0.694. The van der Waals surface area contributed by atoms with Gasteiger partial charge < -0.3 is 14.2 Å². The quantitative estimate of drug-likeness (QED) is 0.141. The van der Waals surface area contributed by atoms with Crippen molar-refractivity contribution in [3.63, 3.8) is 0 Å². The van der Waals surface area contributed by atoms with Crippen LogP contribution in [0.4, 0.5) is 9.18 Å². The number of aromatic nitrogens is 2. The van der Waals surface area contributed by atoms with Gasteiger partial charge in [0, 0.05) is 28.4 Å². The topological polar surface area (TPSA) is 99.5 Å². The Kier molecular flexibility index (Phi) is 9.77. The Bertz CT molecular complexity index is 1710. The number of halogens is 3. The molecule has 0 fully saturated rings. The molecule has 0 aliphatic carbocycles. The van der Waals surface area contributed by atoms with Gasteiger partial charge in [0.2, 0.25) is 0 Å². The Labute approximate surface area is 258 Å². The first kappa shape index (κ1) is 31.7. The number of carbonyl (C=O) groups is 1. The van der Waals surface area contributed by atoms with E-state index >= 15 is 0 Å². The minimum atomic E-state index is -4.35. The van der Waals surface area contributed by atoms with Crippen molar-refractivity contribution in [3.05, 3.63) is 99.5 Å².